The molecule has 6 nitrogen and oxygen atoms in total. The summed E-state index contributed by atoms with van der Waals surface area (Å²) in [5, 5.41) is 7.12. The van der Waals surface area contributed by atoms with Crippen molar-refractivity contribution < 1.29 is 9.21 Å². The van der Waals surface area contributed by atoms with E-state index in [4.69, 9.17) is 9.21 Å². The van der Waals surface area contributed by atoms with Gasteiger partial charge in [0.05, 0.1) is 5.69 Å². The summed E-state index contributed by atoms with van der Waals surface area (Å²) in [6, 6.07) is 7.81. The van der Waals surface area contributed by atoms with Crippen molar-refractivity contribution in [2.75, 3.05) is 43.4 Å². The number of benzene rings is 1. The Morgan fingerprint density at radius 2 is 2.00 bits per heavy atom. The molecule has 2 heterocycles. The zero-order valence-electron chi connectivity index (χ0n) is 12.9. The lowest BCUT2D eigenvalue weighted by Gasteiger charge is -2.29. The highest BCUT2D eigenvalue weighted by molar-refractivity contribution is 5.90. The van der Waals surface area contributed by atoms with Crippen molar-refractivity contribution >= 4 is 28.6 Å². The maximum atomic E-state index is 11.8. The summed E-state index contributed by atoms with van der Waals surface area (Å²) < 4.78 is 5.49. The van der Waals surface area contributed by atoms with Crippen LogP contribution >= 0.6 is 0 Å². The molecule has 1 aromatic carbocycles. The molecule has 118 valence electrons. The highest BCUT2D eigenvalue weighted by Crippen LogP contribution is 2.27. The van der Waals surface area contributed by atoms with Crippen molar-refractivity contribution in [2.45, 2.75) is 6.92 Å². The molecule has 3 rings (SSSR count). The van der Waals surface area contributed by atoms with E-state index in [1.165, 1.54) is 6.92 Å². The molecule has 0 unspecified atom stereocenters. The van der Waals surface area contributed by atoms with Crippen LogP contribution in [0.15, 0.2) is 33.5 Å². The van der Waals surface area contributed by atoms with Crippen LogP contribution in [-0.4, -0.2) is 39.5 Å². The Morgan fingerprint density at radius 3 is 2.64 bits per heavy atom. The van der Waals surface area contributed by atoms with E-state index in [-0.39, 0.29) is 5.63 Å². The van der Waals surface area contributed by atoms with E-state index in [0.29, 0.717) is 11.3 Å². The first-order chi connectivity index (χ1) is 10.7. The van der Waals surface area contributed by atoms with E-state index < -0.39 is 0 Å². The fourth-order valence-electron chi connectivity index (χ4n) is 2.46. The van der Waals surface area contributed by atoms with Crippen LogP contribution in [0.5, 0.6) is 0 Å². The molecule has 0 atom stereocenters. The monoisotopic (exact) mass is 303 g/mol. The fraction of sp³-hybridized carbons (Fsp3) is 0.375. The molecule has 2 N–H and O–H groups in total. The second kappa shape index (κ2) is 7.61. The number of aldehydes is 1. The highest BCUT2D eigenvalue weighted by Gasteiger charge is 2.15. The Balaban J connectivity index is 0.000000545. The first-order valence-corrected chi connectivity index (χ1v) is 7.31. The minimum atomic E-state index is -0.322. The van der Waals surface area contributed by atoms with E-state index in [1.807, 2.05) is 24.3 Å². The molecular formula is C16H21N3O3. The third-order valence-electron chi connectivity index (χ3n) is 3.47. The van der Waals surface area contributed by atoms with Gasteiger partial charge in [-0.3, -0.25) is 0 Å². The van der Waals surface area contributed by atoms with Crippen molar-refractivity contribution in [1.29, 1.82) is 0 Å². The van der Waals surface area contributed by atoms with Gasteiger partial charge in [0.1, 0.15) is 12.0 Å². The van der Waals surface area contributed by atoms with Gasteiger partial charge in [-0.1, -0.05) is 12.1 Å². The maximum Gasteiger partial charge on any atom is 0.359 e. The Hall–Kier alpha value is -2.34. The van der Waals surface area contributed by atoms with Crippen LogP contribution in [0.2, 0.25) is 0 Å². The number of carbonyl (C=O) groups excluding carboxylic acids is 1. The first-order valence-electron chi connectivity index (χ1n) is 7.31. The fourth-order valence-corrected chi connectivity index (χ4v) is 2.46. The summed E-state index contributed by atoms with van der Waals surface area (Å²) in [6.07, 6.45) is 0.750. The predicted octanol–water partition coefficient (Wildman–Crippen LogP) is 1.45. The molecule has 1 aromatic heterocycles. The summed E-state index contributed by atoms with van der Waals surface area (Å²) >= 11 is 0. The molecule has 1 aliphatic rings. The summed E-state index contributed by atoms with van der Waals surface area (Å²) in [5.41, 5.74) is 1.84. The number of fused-ring (bicyclic) bond motifs is 1. The van der Waals surface area contributed by atoms with Gasteiger partial charge in [-0.05, 0) is 19.1 Å². The average Bonchev–Trinajstić information content (AvgIpc) is 2.55. The van der Waals surface area contributed by atoms with Gasteiger partial charge < -0.3 is 24.7 Å². The van der Waals surface area contributed by atoms with Gasteiger partial charge in [0.25, 0.3) is 0 Å². The van der Waals surface area contributed by atoms with Gasteiger partial charge in [0.2, 0.25) is 0 Å². The smallest absolute Gasteiger partial charge is 0.359 e. The van der Waals surface area contributed by atoms with E-state index in [9.17, 15) is 4.79 Å². The molecule has 1 saturated heterocycles. The van der Waals surface area contributed by atoms with Gasteiger partial charge in [-0.2, -0.15) is 0 Å². The zero-order valence-corrected chi connectivity index (χ0v) is 12.9. The number of nitrogens with one attached hydrogen (secondary N) is 2. The summed E-state index contributed by atoms with van der Waals surface area (Å²) in [5.74, 6) is 0. The molecule has 1 fully saturated rings. The first kappa shape index (κ1) is 16.0. The number of para-hydroxylation sites is 1. The normalized spacial score (nSPS) is 14.2. The van der Waals surface area contributed by atoms with Crippen molar-refractivity contribution in [3.8, 4) is 0 Å². The lowest BCUT2D eigenvalue weighted by atomic mass is 10.1. The van der Waals surface area contributed by atoms with Gasteiger partial charge in [-0.25, -0.2) is 4.79 Å². The summed E-state index contributed by atoms with van der Waals surface area (Å²) in [6.45, 7) is 5.21. The van der Waals surface area contributed by atoms with Gasteiger partial charge >= 0.3 is 5.63 Å². The number of piperazine rings is 1. The standard InChI is InChI=1S/C14H17N3O2.C2H4O/c1-15-11-9-10-3-2-4-12(13(10)19-14(11)18)17-7-5-16-6-8-17;1-2-3/h2-4,9,15-16H,5-8H2,1H3;2H,1H3. The lowest BCUT2D eigenvalue weighted by Crippen LogP contribution is -2.43. The van der Waals surface area contributed by atoms with Crippen LogP contribution in [0.1, 0.15) is 6.92 Å². The second-order valence-electron chi connectivity index (χ2n) is 4.87. The van der Waals surface area contributed by atoms with Crippen LogP contribution in [0.3, 0.4) is 0 Å². The molecule has 2 aromatic rings. The Morgan fingerprint density at radius 1 is 1.32 bits per heavy atom. The number of carbonyl (C=O) groups is 1. The predicted molar refractivity (Wildman–Crippen MR) is 88.9 cm³/mol. The topological polar surface area (TPSA) is 74.6 Å². The molecule has 0 aliphatic carbocycles. The quantitative estimate of drug-likeness (QED) is 0.646. The third-order valence-corrected chi connectivity index (χ3v) is 3.47. The molecule has 1 aliphatic heterocycles. The zero-order chi connectivity index (χ0) is 15.9. The largest absolute Gasteiger partial charge is 0.419 e. The summed E-state index contributed by atoms with van der Waals surface area (Å²) in [7, 11) is 1.72. The Bertz CT molecular complexity index is 691. The van der Waals surface area contributed by atoms with Crippen molar-refractivity contribution in [2.24, 2.45) is 0 Å². The van der Waals surface area contributed by atoms with Crippen LogP contribution < -0.4 is 21.2 Å². The van der Waals surface area contributed by atoms with Crippen LogP contribution in [0.4, 0.5) is 11.4 Å². The van der Waals surface area contributed by atoms with Crippen LogP contribution in [0.25, 0.3) is 11.0 Å². The number of anilines is 2. The molecule has 0 bridgehead atoms. The molecule has 0 amide bonds. The van der Waals surface area contributed by atoms with E-state index >= 15 is 0 Å². The molecule has 22 heavy (non-hydrogen) atoms. The average molecular weight is 303 g/mol. The molecule has 6 heteroatoms. The number of nitrogens with zero attached hydrogens (tertiary/aromatic N) is 1. The van der Waals surface area contributed by atoms with E-state index in [0.717, 1.165) is 43.5 Å². The Labute approximate surface area is 129 Å². The van der Waals surface area contributed by atoms with Crippen molar-refractivity contribution in [1.82, 2.24) is 5.32 Å². The SMILES string of the molecule is CC=O.CNc1cc2cccc(N3CCNCC3)c2oc1=O. The highest BCUT2D eigenvalue weighted by atomic mass is 16.4. The lowest BCUT2D eigenvalue weighted by molar-refractivity contribution is -0.106. The molecule has 0 spiro atoms. The number of hydrogen-bond donors (Lipinski definition) is 2. The molecular weight excluding hydrogens is 282 g/mol. The van der Waals surface area contributed by atoms with Gasteiger partial charge in [0.15, 0.2) is 5.58 Å². The van der Waals surface area contributed by atoms with Gasteiger partial charge in [-0.15, -0.1) is 0 Å². The number of hydrogen-bond acceptors (Lipinski definition) is 6. The van der Waals surface area contributed by atoms with Crippen molar-refractivity contribution in [3.63, 3.8) is 0 Å². The Kier molecular flexibility index (Phi) is 5.55. The number of rotatable bonds is 2. The minimum Gasteiger partial charge on any atom is -0.419 e. The summed E-state index contributed by atoms with van der Waals surface area (Å²) in [4.78, 5) is 22.9. The molecule has 0 saturated carbocycles. The van der Waals surface area contributed by atoms with E-state index in [1.54, 1.807) is 7.05 Å². The van der Waals surface area contributed by atoms with Crippen LogP contribution in [0, 0.1) is 0 Å². The third kappa shape index (κ3) is 3.46. The second-order valence-corrected chi connectivity index (χ2v) is 4.87. The van der Waals surface area contributed by atoms with E-state index in [2.05, 4.69) is 15.5 Å². The van der Waals surface area contributed by atoms with Crippen molar-refractivity contribution in [3.05, 3.63) is 34.7 Å². The maximum absolute atomic E-state index is 11.8. The van der Waals surface area contributed by atoms with Gasteiger partial charge in [0, 0.05) is 38.6 Å². The minimum absolute atomic E-state index is 0.322. The van der Waals surface area contributed by atoms with Crippen LogP contribution in [-0.2, 0) is 4.79 Å². The molecule has 0 radical (unpaired) electrons.